The molecule has 1 heterocycles. The van der Waals surface area contributed by atoms with Gasteiger partial charge in [0.2, 0.25) is 5.88 Å². The maximum Gasteiger partial charge on any atom is 0.213 e. The van der Waals surface area contributed by atoms with Gasteiger partial charge in [-0.2, -0.15) is 0 Å². The van der Waals surface area contributed by atoms with E-state index in [0.29, 0.717) is 22.9 Å². The van der Waals surface area contributed by atoms with Crippen molar-refractivity contribution in [3.8, 4) is 23.5 Å². The number of ether oxygens (including phenoxy) is 2. The molecule has 3 nitrogen and oxygen atoms in total. The fourth-order valence-corrected chi connectivity index (χ4v) is 1.72. The minimum atomic E-state index is -0.374. The van der Waals surface area contributed by atoms with Crippen LogP contribution >= 0.6 is 11.6 Å². The highest BCUT2D eigenvalue weighted by Crippen LogP contribution is 2.20. The lowest BCUT2D eigenvalue weighted by Crippen LogP contribution is -2.01. The Bertz CT molecular complexity index is 679. The van der Waals surface area contributed by atoms with Crippen LogP contribution in [-0.4, -0.2) is 18.0 Å². The summed E-state index contributed by atoms with van der Waals surface area (Å²) in [6.07, 6.45) is 0. The van der Waals surface area contributed by atoms with Crippen LogP contribution in [0.15, 0.2) is 36.4 Å². The third kappa shape index (κ3) is 4.37. The molecule has 0 unspecified atom stereocenters. The van der Waals surface area contributed by atoms with Gasteiger partial charge in [0.05, 0.1) is 24.2 Å². The molecule has 108 valence electrons. The number of pyridine rings is 1. The molecule has 2 aromatic rings. The number of aromatic nitrogens is 1. The second-order valence-electron chi connectivity index (χ2n) is 4.04. The molecule has 0 saturated carbocycles. The molecule has 0 aliphatic rings. The topological polar surface area (TPSA) is 31.4 Å². The average molecular weight is 306 g/mol. The first-order valence-corrected chi connectivity index (χ1v) is 6.73. The molecule has 1 aromatic heterocycles. The Balaban J connectivity index is 2.15. The van der Waals surface area contributed by atoms with Crippen LogP contribution in [0.5, 0.6) is 11.6 Å². The standard InChI is InChI=1S/C16H13ClFNO2/c1-20-16-6-2-5-14(19-16)11-21-15-8-7-13(18)10-12(15)4-3-9-17/h2,5-8,10H,9,11H2,1H3. The summed E-state index contributed by atoms with van der Waals surface area (Å²) in [5, 5.41) is 0. The molecule has 0 radical (unpaired) electrons. The zero-order valence-electron chi connectivity index (χ0n) is 11.4. The Morgan fingerprint density at radius 1 is 1.29 bits per heavy atom. The van der Waals surface area contributed by atoms with Gasteiger partial charge in [0.25, 0.3) is 0 Å². The molecule has 0 bridgehead atoms. The molecule has 0 N–H and O–H groups in total. The molecule has 1 aromatic carbocycles. The van der Waals surface area contributed by atoms with E-state index in [2.05, 4.69) is 16.8 Å². The van der Waals surface area contributed by atoms with Gasteiger partial charge in [-0.15, -0.1) is 11.6 Å². The smallest absolute Gasteiger partial charge is 0.213 e. The fraction of sp³-hybridized carbons (Fsp3) is 0.188. The van der Waals surface area contributed by atoms with Crippen molar-refractivity contribution in [3.05, 3.63) is 53.5 Å². The third-order valence-electron chi connectivity index (χ3n) is 2.60. The molecule has 0 saturated heterocycles. The maximum atomic E-state index is 13.3. The predicted octanol–water partition coefficient (Wildman–Crippen LogP) is 3.40. The summed E-state index contributed by atoms with van der Waals surface area (Å²) < 4.78 is 23.9. The fourth-order valence-electron chi connectivity index (χ4n) is 1.66. The number of benzene rings is 1. The zero-order valence-corrected chi connectivity index (χ0v) is 12.2. The summed E-state index contributed by atoms with van der Waals surface area (Å²) in [5.41, 5.74) is 1.16. The number of alkyl halides is 1. The Labute approximate surface area is 127 Å². The molecule has 0 atom stereocenters. The molecule has 21 heavy (non-hydrogen) atoms. The largest absolute Gasteiger partial charge is 0.486 e. The summed E-state index contributed by atoms with van der Waals surface area (Å²) in [6.45, 7) is 0.235. The van der Waals surface area contributed by atoms with Crippen molar-refractivity contribution in [2.24, 2.45) is 0 Å². The zero-order chi connectivity index (χ0) is 15.1. The normalized spacial score (nSPS) is 9.67. The van der Waals surface area contributed by atoms with E-state index in [1.807, 2.05) is 12.1 Å². The van der Waals surface area contributed by atoms with Crippen molar-refractivity contribution in [1.29, 1.82) is 0 Å². The lowest BCUT2D eigenvalue weighted by atomic mass is 10.2. The number of halogens is 2. The van der Waals surface area contributed by atoms with Crippen LogP contribution in [-0.2, 0) is 6.61 Å². The van der Waals surface area contributed by atoms with Crippen LogP contribution in [0.2, 0.25) is 0 Å². The number of nitrogens with zero attached hydrogens (tertiary/aromatic N) is 1. The Morgan fingerprint density at radius 3 is 2.90 bits per heavy atom. The van der Waals surface area contributed by atoms with Crippen molar-refractivity contribution in [1.82, 2.24) is 4.98 Å². The van der Waals surface area contributed by atoms with Gasteiger partial charge in [-0.05, 0) is 24.3 Å². The minimum absolute atomic E-state index is 0.174. The van der Waals surface area contributed by atoms with E-state index in [0.717, 1.165) is 0 Å². The number of hydrogen-bond acceptors (Lipinski definition) is 3. The van der Waals surface area contributed by atoms with Crippen LogP contribution in [0.3, 0.4) is 0 Å². The van der Waals surface area contributed by atoms with Gasteiger partial charge in [-0.1, -0.05) is 17.9 Å². The van der Waals surface area contributed by atoms with Crippen molar-refractivity contribution in [2.45, 2.75) is 6.61 Å². The first-order valence-electron chi connectivity index (χ1n) is 6.20. The lowest BCUT2D eigenvalue weighted by molar-refractivity contribution is 0.297. The molecular weight excluding hydrogens is 293 g/mol. The van der Waals surface area contributed by atoms with Gasteiger partial charge in [-0.3, -0.25) is 0 Å². The van der Waals surface area contributed by atoms with Gasteiger partial charge >= 0.3 is 0 Å². The average Bonchev–Trinajstić information content (AvgIpc) is 2.52. The van der Waals surface area contributed by atoms with E-state index < -0.39 is 0 Å². The summed E-state index contributed by atoms with van der Waals surface area (Å²) >= 11 is 5.52. The molecule has 0 amide bonds. The van der Waals surface area contributed by atoms with E-state index in [-0.39, 0.29) is 18.3 Å². The second kappa shape index (κ2) is 7.51. The van der Waals surface area contributed by atoms with E-state index in [1.165, 1.54) is 18.2 Å². The Morgan fingerprint density at radius 2 is 2.14 bits per heavy atom. The van der Waals surface area contributed by atoms with Gasteiger partial charge < -0.3 is 9.47 Å². The van der Waals surface area contributed by atoms with Gasteiger partial charge in [0.15, 0.2) is 0 Å². The lowest BCUT2D eigenvalue weighted by Gasteiger charge is -2.08. The van der Waals surface area contributed by atoms with Crippen molar-refractivity contribution >= 4 is 11.6 Å². The van der Waals surface area contributed by atoms with Crippen molar-refractivity contribution in [3.63, 3.8) is 0 Å². The first kappa shape index (κ1) is 15.1. The van der Waals surface area contributed by atoms with Crippen LogP contribution in [0, 0.1) is 17.7 Å². The van der Waals surface area contributed by atoms with Crippen LogP contribution in [0.4, 0.5) is 4.39 Å². The maximum absolute atomic E-state index is 13.3. The molecule has 5 heteroatoms. The minimum Gasteiger partial charge on any atom is -0.486 e. The molecule has 0 aliphatic heterocycles. The SMILES string of the molecule is COc1cccc(COc2ccc(F)cc2C#CCCl)n1. The molecule has 2 rings (SSSR count). The number of methoxy groups -OCH3 is 1. The predicted molar refractivity (Wildman–Crippen MR) is 79.1 cm³/mol. The molecule has 0 aliphatic carbocycles. The van der Waals surface area contributed by atoms with Crippen molar-refractivity contribution < 1.29 is 13.9 Å². The number of rotatable bonds is 4. The monoisotopic (exact) mass is 305 g/mol. The summed E-state index contributed by atoms with van der Waals surface area (Å²) in [7, 11) is 1.55. The quantitative estimate of drug-likeness (QED) is 0.641. The summed E-state index contributed by atoms with van der Waals surface area (Å²) in [5.74, 6) is 6.25. The van der Waals surface area contributed by atoms with E-state index in [9.17, 15) is 4.39 Å². The van der Waals surface area contributed by atoms with Crippen LogP contribution in [0.1, 0.15) is 11.3 Å². The highest BCUT2D eigenvalue weighted by molar-refractivity contribution is 6.19. The van der Waals surface area contributed by atoms with E-state index >= 15 is 0 Å². The van der Waals surface area contributed by atoms with E-state index in [4.69, 9.17) is 21.1 Å². The number of hydrogen-bond donors (Lipinski definition) is 0. The molecular formula is C16H13ClFNO2. The van der Waals surface area contributed by atoms with Gasteiger partial charge in [0.1, 0.15) is 18.2 Å². The second-order valence-corrected chi connectivity index (χ2v) is 4.30. The summed E-state index contributed by atoms with van der Waals surface area (Å²) in [6, 6.07) is 9.56. The van der Waals surface area contributed by atoms with Gasteiger partial charge in [0, 0.05) is 6.07 Å². The summed E-state index contributed by atoms with van der Waals surface area (Å²) in [4.78, 5) is 4.24. The van der Waals surface area contributed by atoms with E-state index in [1.54, 1.807) is 13.2 Å². The Hall–Kier alpha value is -2.25. The van der Waals surface area contributed by atoms with Crippen LogP contribution < -0.4 is 9.47 Å². The van der Waals surface area contributed by atoms with Crippen molar-refractivity contribution in [2.75, 3.05) is 13.0 Å². The highest BCUT2D eigenvalue weighted by atomic mass is 35.5. The first-order chi connectivity index (χ1) is 10.2. The highest BCUT2D eigenvalue weighted by Gasteiger charge is 2.05. The third-order valence-corrected chi connectivity index (χ3v) is 2.73. The van der Waals surface area contributed by atoms with Gasteiger partial charge in [-0.25, -0.2) is 9.37 Å². The van der Waals surface area contributed by atoms with Crippen LogP contribution in [0.25, 0.3) is 0 Å². The Kier molecular flexibility index (Phi) is 5.42. The molecule has 0 spiro atoms. The molecule has 0 fully saturated rings.